The molecule has 2 aromatic rings. The number of hydrogen-bond donors (Lipinski definition) is 2. The summed E-state index contributed by atoms with van der Waals surface area (Å²) in [7, 11) is 0. The summed E-state index contributed by atoms with van der Waals surface area (Å²) in [6.07, 6.45) is 0.144. The first-order valence-corrected chi connectivity index (χ1v) is 6.91. The van der Waals surface area contributed by atoms with E-state index < -0.39 is 0 Å². The third-order valence-corrected chi connectivity index (χ3v) is 3.27. The maximum absolute atomic E-state index is 11.7. The second-order valence-electron chi connectivity index (χ2n) is 5.25. The second-order valence-corrected chi connectivity index (χ2v) is 5.25. The van der Waals surface area contributed by atoms with Gasteiger partial charge in [-0.25, -0.2) is 5.84 Å². The Morgan fingerprint density at radius 3 is 2.38 bits per heavy atom. The SMILES string of the molecule is Cc1cc(C(=O)NN)c(C)n1-c1ccc(OC(C)C)cc1. The van der Waals surface area contributed by atoms with Crippen molar-refractivity contribution in [3.05, 3.63) is 47.3 Å². The van der Waals surface area contributed by atoms with Gasteiger partial charge < -0.3 is 9.30 Å². The summed E-state index contributed by atoms with van der Waals surface area (Å²) in [5.41, 5.74) is 5.57. The van der Waals surface area contributed by atoms with E-state index in [2.05, 4.69) is 5.43 Å². The maximum atomic E-state index is 11.7. The summed E-state index contributed by atoms with van der Waals surface area (Å²) in [6, 6.07) is 9.63. The number of carbonyl (C=O) groups excluding carboxylic acids is 1. The lowest BCUT2D eigenvalue weighted by atomic mass is 10.2. The average molecular weight is 287 g/mol. The highest BCUT2D eigenvalue weighted by Gasteiger charge is 2.15. The Balaban J connectivity index is 2.38. The highest BCUT2D eigenvalue weighted by molar-refractivity contribution is 5.95. The minimum Gasteiger partial charge on any atom is -0.491 e. The van der Waals surface area contributed by atoms with Gasteiger partial charge in [-0.05, 0) is 58.0 Å². The molecule has 0 fully saturated rings. The van der Waals surface area contributed by atoms with E-state index in [0.29, 0.717) is 5.56 Å². The van der Waals surface area contributed by atoms with Crippen LogP contribution >= 0.6 is 0 Å². The molecule has 5 nitrogen and oxygen atoms in total. The summed E-state index contributed by atoms with van der Waals surface area (Å²) < 4.78 is 7.65. The van der Waals surface area contributed by atoms with E-state index in [4.69, 9.17) is 10.6 Å². The number of aryl methyl sites for hydroxylation is 1. The number of hydrogen-bond acceptors (Lipinski definition) is 3. The van der Waals surface area contributed by atoms with Crippen LogP contribution in [0.1, 0.15) is 35.6 Å². The van der Waals surface area contributed by atoms with Crippen molar-refractivity contribution in [2.45, 2.75) is 33.8 Å². The summed E-state index contributed by atoms with van der Waals surface area (Å²) in [5.74, 6) is 5.76. The van der Waals surface area contributed by atoms with Gasteiger partial charge in [-0.15, -0.1) is 0 Å². The van der Waals surface area contributed by atoms with E-state index in [9.17, 15) is 4.79 Å². The van der Waals surface area contributed by atoms with Crippen LogP contribution in [-0.4, -0.2) is 16.6 Å². The Labute approximate surface area is 124 Å². The molecule has 1 aromatic heterocycles. The van der Waals surface area contributed by atoms with Gasteiger partial charge in [0.2, 0.25) is 0 Å². The van der Waals surface area contributed by atoms with E-state index in [0.717, 1.165) is 22.8 Å². The van der Waals surface area contributed by atoms with Crippen molar-refractivity contribution in [1.29, 1.82) is 0 Å². The number of ether oxygens (including phenoxy) is 1. The first kappa shape index (κ1) is 15.1. The fourth-order valence-electron chi connectivity index (χ4n) is 2.41. The summed E-state index contributed by atoms with van der Waals surface area (Å²) in [5, 5.41) is 0. The fourth-order valence-corrected chi connectivity index (χ4v) is 2.41. The lowest BCUT2D eigenvalue weighted by Gasteiger charge is -2.13. The number of nitrogens with one attached hydrogen (secondary N) is 1. The summed E-state index contributed by atoms with van der Waals surface area (Å²) in [4.78, 5) is 11.7. The van der Waals surface area contributed by atoms with Crippen LogP contribution in [0.5, 0.6) is 5.75 Å². The molecular weight excluding hydrogens is 266 g/mol. The Bertz CT molecular complexity index is 642. The minimum absolute atomic E-state index is 0.144. The molecule has 0 radical (unpaired) electrons. The van der Waals surface area contributed by atoms with E-state index in [-0.39, 0.29) is 12.0 Å². The van der Waals surface area contributed by atoms with Crippen molar-refractivity contribution >= 4 is 5.91 Å². The molecule has 0 aliphatic heterocycles. The van der Waals surface area contributed by atoms with E-state index >= 15 is 0 Å². The largest absolute Gasteiger partial charge is 0.491 e. The molecule has 1 amide bonds. The topological polar surface area (TPSA) is 69.3 Å². The molecule has 3 N–H and O–H groups in total. The molecule has 0 bridgehead atoms. The van der Waals surface area contributed by atoms with Gasteiger partial charge in [0.05, 0.1) is 11.7 Å². The Morgan fingerprint density at radius 2 is 1.86 bits per heavy atom. The average Bonchev–Trinajstić information content (AvgIpc) is 2.74. The lowest BCUT2D eigenvalue weighted by Crippen LogP contribution is -2.30. The van der Waals surface area contributed by atoms with Crippen molar-refractivity contribution in [2.75, 3.05) is 0 Å². The molecule has 0 aliphatic carbocycles. The summed E-state index contributed by atoms with van der Waals surface area (Å²) in [6.45, 7) is 7.84. The monoisotopic (exact) mass is 287 g/mol. The van der Waals surface area contributed by atoms with Gasteiger partial charge in [0.15, 0.2) is 0 Å². The molecule has 0 aliphatic rings. The Hall–Kier alpha value is -2.27. The molecule has 0 unspecified atom stereocenters. The number of amides is 1. The van der Waals surface area contributed by atoms with Crippen LogP contribution in [0.4, 0.5) is 0 Å². The van der Waals surface area contributed by atoms with Crippen molar-refractivity contribution in [2.24, 2.45) is 5.84 Å². The summed E-state index contributed by atoms with van der Waals surface area (Å²) >= 11 is 0. The molecule has 2 rings (SSSR count). The highest BCUT2D eigenvalue weighted by Crippen LogP contribution is 2.23. The number of hydrazine groups is 1. The van der Waals surface area contributed by atoms with Crippen molar-refractivity contribution in [1.82, 2.24) is 9.99 Å². The van der Waals surface area contributed by atoms with E-state index in [1.807, 2.05) is 62.6 Å². The number of nitrogens with two attached hydrogens (primary N) is 1. The zero-order chi connectivity index (χ0) is 15.6. The number of rotatable bonds is 4. The van der Waals surface area contributed by atoms with Crippen molar-refractivity contribution in [3.8, 4) is 11.4 Å². The predicted molar refractivity (Wildman–Crippen MR) is 82.7 cm³/mol. The van der Waals surface area contributed by atoms with Gasteiger partial charge in [-0.2, -0.15) is 0 Å². The molecule has 0 atom stereocenters. The van der Waals surface area contributed by atoms with Crippen LogP contribution in [0, 0.1) is 13.8 Å². The van der Waals surface area contributed by atoms with Gasteiger partial charge in [-0.1, -0.05) is 0 Å². The number of benzene rings is 1. The molecule has 1 heterocycles. The third kappa shape index (κ3) is 3.08. The van der Waals surface area contributed by atoms with Crippen LogP contribution in [-0.2, 0) is 0 Å². The number of nitrogens with zero attached hydrogens (tertiary/aromatic N) is 1. The molecule has 21 heavy (non-hydrogen) atoms. The fraction of sp³-hybridized carbons (Fsp3) is 0.312. The number of aromatic nitrogens is 1. The van der Waals surface area contributed by atoms with Gasteiger partial charge >= 0.3 is 0 Å². The van der Waals surface area contributed by atoms with Crippen LogP contribution in [0.2, 0.25) is 0 Å². The Kier molecular flexibility index (Phi) is 4.33. The molecular formula is C16H21N3O2. The van der Waals surface area contributed by atoms with Crippen LogP contribution in [0.15, 0.2) is 30.3 Å². The number of carbonyl (C=O) groups is 1. The van der Waals surface area contributed by atoms with Gasteiger partial charge in [0.1, 0.15) is 5.75 Å². The van der Waals surface area contributed by atoms with E-state index in [1.54, 1.807) is 0 Å². The molecule has 5 heteroatoms. The molecule has 112 valence electrons. The van der Waals surface area contributed by atoms with Gasteiger partial charge in [-0.3, -0.25) is 10.2 Å². The van der Waals surface area contributed by atoms with E-state index in [1.165, 1.54) is 0 Å². The van der Waals surface area contributed by atoms with Crippen molar-refractivity contribution < 1.29 is 9.53 Å². The molecule has 1 aromatic carbocycles. The minimum atomic E-state index is -0.283. The smallest absolute Gasteiger partial charge is 0.267 e. The zero-order valence-corrected chi connectivity index (χ0v) is 12.8. The first-order valence-electron chi connectivity index (χ1n) is 6.91. The maximum Gasteiger partial charge on any atom is 0.267 e. The quantitative estimate of drug-likeness (QED) is 0.515. The molecule has 0 saturated carbocycles. The van der Waals surface area contributed by atoms with Crippen LogP contribution in [0.25, 0.3) is 5.69 Å². The van der Waals surface area contributed by atoms with Crippen LogP contribution < -0.4 is 16.0 Å². The molecule has 0 spiro atoms. The molecule has 0 saturated heterocycles. The third-order valence-electron chi connectivity index (χ3n) is 3.27. The standard InChI is InChI=1S/C16H21N3O2/c1-10(2)21-14-7-5-13(6-8-14)19-11(3)9-15(12(19)4)16(20)18-17/h5-10H,17H2,1-4H3,(H,18,20). The second kappa shape index (κ2) is 6.01. The first-order chi connectivity index (χ1) is 9.93. The van der Waals surface area contributed by atoms with Gasteiger partial charge in [0, 0.05) is 17.1 Å². The normalized spacial score (nSPS) is 10.8. The number of nitrogen functional groups attached to an aromatic ring is 1. The highest BCUT2D eigenvalue weighted by atomic mass is 16.5. The Morgan fingerprint density at radius 1 is 1.24 bits per heavy atom. The van der Waals surface area contributed by atoms with Crippen LogP contribution in [0.3, 0.4) is 0 Å². The zero-order valence-electron chi connectivity index (χ0n) is 12.8. The van der Waals surface area contributed by atoms with Gasteiger partial charge in [0.25, 0.3) is 5.91 Å². The lowest BCUT2D eigenvalue weighted by molar-refractivity contribution is 0.0953. The predicted octanol–water partition coefficient (Wildman–Crippen LogP) is 2.48. The van der Waals surface area contributed by atoms with Crippen molar-refractivity contribution in [3.63, 3.8) is 0 Å².